The zero-order valence-corrected chi connectivity index (χ0v) is 11.2. The van der Waals surface area contributed by atoms with Crippen molar-refractivity contribution in [1.29, 1.82) is 0 Å². The Morgan fingerprint density at radius 1 is 1.25 bits per heavy atom. The number of likely N-dealkylation sites (tertiary alicyclic amines) is 1. The number of carbonyl (C=O) groups excluding carboxylic acids is 1. The molecule has 0 radical (unpaired) electrons. The molecule has 2 aromatic rings. The van der Waals surface area contributed by atoms with E-state index in [2.05, 4.69) is 5.16 Å². The van der Waals surface area contributed by atoms with E-state index >= 15 is 0 Å². The monoisotopic (exact) mass is 271 g/mol. The zero-order valence-electron chi connectivity index (χ0n) is 11.2. The Bertz CT molecular complexity index is 586. The van der Waals surface area contributed by atoms with Gasteiger partial charge in [0, 0.05) is 30.8 Å². The fraction of sp³-hybridized carbons (Fsp3) is 0.333. The number of hydrogen-bond acceptors (Lipinski definition) is 4. The first-order valence-corrected chi connectivity index (χ1v) is 6.81. The van der Waals surface area contributed by atoms with Crippen LogP contribution >= 0.6 is 0 Å². The fourth-order valence-corrected chi connectivity index (χ4v) is 2.38. The molecule has 0 atom stereocenters. The molecule has 5 nitrogen and oxygen atoms in total. The Morgan fingerprint density at radius 2 is 1.95 bits per heavy atom. The third-order valence-electron chi connectivity index (χ3n) is 3.61. The summed E-state index contributed by atoms with van der Waals surface area (Å²) in [4.78, 5) is 14.1. The second-order valence-corrected chi connectivity index (χ2v) is 5.07. The van der Waals surface area contributed by atoms with Crippen LogP contribution in [0, 0.1) is 0 Å². The molecular weight excluding hydrogens is 254 g/mol. The molecule has 1 aromatic heterocycles. The first-order valence-electron chi connectivity index (χ1n) is 6.81. The van der Waals surface area contributed by atoms with E-state index in [1.807, 2.05) is 30.3 Å². The first kappa shape index (κ1) is 12.9. The van der Waals surface area contributed by atoms with Crippen molar-refractivity contribution in [2.45, 2.75) is 18.9 Å². The van der Waals surface area contributed by atoms with Crippen LogP contribution in [0.25, 0.3) is 11.3 Å². The van der Waals surface area contributed by atoms with Crippen molar-refractivity contribution in [3.63, 3.8) is 0 Å². The lowest BCUT2D eigenvalue weighted by atomic mass is 10.1. The standard InChI is InChI=1S/C15H17N3O2/c16-12-6-8-18(9-7-12)15(19)13-10-14(20-17-13)11-4-2-1-3-5-11/h1-5,10,12H,6-9,16H2. The number of aromatic nitrogens is 1. The molecule has 20 heavy (non-hydrogen) atoms. The summed E-state index contributed by atoms with van der Waals surface area (Å²) in [6.45, 7) is 1.38. The van der Waals surface area contributed by atoms with E-state index < -0.39 is 0 Å². The van der Waals surface area contributed by atoms with E-state index in [9.17, 15) is 4.79 Å². The maximum Gasteiger partial charge on any atom is 0.276 e. The van der Waals surface area contributed by atoms with Crippen LogP contribution in [0.3, 0.4) is 0 Å². The second kappa shape index (κ2) is 5.46. The van der Waals surface area contributed by atoms with Crippen molar-refractivity contribution in [3.05, 3.63) is 42.1 Å². The molecular formula is C15H17N3O2. The molecule has 2 heterocycles. The Hall–Kier alpha value is -2.14. The lowest BCUT2D eigenvalue weighted by molar-refractivity contribution is 0.0704. The molecule has 1 aliphatic heterocycles. The van der Waals surface area contributed by atoms with Crippen LogP contribution in [0.5, 0.6) is 0 Å². The lowest BCUT2D eigenvalue weighted by Crippen LogP contribution is -2.42. The number of carbonyl (C=O) groups is 1. The van der Waals surface area contributed by atoms with Crippen LogP contribution in [-0.2, 0) is 0 Å². The van der Waals surface area contributed by atoms with Crippen LogP contribution in [0.4, 0.5) is 0 Å². The Kier molecular flexibility index (Phi) is 3.52. The maximum atomic E-state index is 12.3. The Morgan fingerprint density at radius 3 is 2.65 bits per heavy atom. The number of rotatable bonds is 2. The number of nitrogens with zero attached hydrogens (tertiary/aromatic N) is 2. The summed E-state index contributed by atoms with van der Waals surface area (Å²) in [7, 11) is 0. The smallest absolute Gasteiger partial charge is 0.276 e. The SMILES string of the molecule is NC1CCN(C(=O)c2cc(-c3ccccc3)on2)CC1. The van der Waals surface area contributed by atoms with Gasteiger partial charge in [0.25, 0.3) is 5.91 Å². The fourth-order valence-electron chi connectivity index (χ4n) is 2.38. The number of piperidine rings is 1. The minimum Gasteiger partial charge on any atom is -0.355 e. The summed E-state index contributed by atoms with van der Waals surface area (Å²) >= 11 is 0. The molecule has 0 saturated carbocycles. The largest absolute Gasteiger partial charge is 0.355 e. The molecule has 1 saturated heterocycles. The van der Waals surface area contributed by atoms with Gasteiger partial charge in [0.1, 0.15) is 0 Å². The van der Waals surface area contributed by atoms with Gasteiger partial charge in [-0.05, 0) is 12.8 Å². The van der Waals surface area contributed by atoms with Crippen LogP contribution in [0.1, 0.15) is 23.3 Å². The van der Waals surface area contributed by atoms with Crippen LogP contribution in [0.15, 0.2) is 40.9 Å². The second-order valence-electron chi connectivity index (χ2n) is 5.07. The first-order chi connectivity index (χ1) is 9.74. The van der Waals surface area contributed by atoms with E-state index in [1.54, 1.807) is 11.0 Å². The molecule has 5 heteroatoms. The minimum atomic E-state index is -0.0807. The Labute approximate surface area is 117 Å². The van der Waals surface area contributed by atoms with E-state index in [0.717, 1.165) is 18.4 Å². The van der Waals surface area contributed by atoms with E-state index in [-0.39, 0.29) is 11.9 Å². The molecule has 0 unspecified atom stereocenters. The van der Waals surface area contributed by atoms with Gasteiger partial charge in [-0.1, -0.05) is 35.5 Å². The summed E-state index contributed by atoms with van der Waals surface area (Å²) in [5.74, 6) is 0.533. The molecule has 1 aromatic carbocycles. The van der Waals surface area contributed by atoms with E-state index in [0.29, 0.717) is 24.5 Å². The highest BCUT2D eigenvalue weighted by atomic mass is 16.5. The summed E-state index contributed by atoms with van der Waals surface area (Å²) in [5, 5.41) is 3.89. The number of amides is 1. The average molecular weight is 271 g/mol. The van der Waals surface area contributed by atoms with Gasteiger partial charge in [-0.15, -0.1) is 0 Å². The zero-order chi connectivity index (χ0) is 13.9. The van der Waals surface area contributed by atoms with Crippen molar-refractivity contribution in [3.8, 4) is 11.3 Å². The highest BCUT2D eigenvalue weighted by Gasteiger charge is 2.24. The van der Waals surface area contributed by atoms with Gasteiger partial charge in [0.05, 0.1) is 0 Å². The summed E-state index contributed by atoms with van der Waals surface area (Å²) in [5.41, 5.74) is 7.12. The van der Waals surface area contributed by atoms with Crippen molar-refractivity contribution in [1.82, 2.24) is 10.1 Å². The molecule has 0 bridgehead atoms. The molecule has 3 rings (SSSR count). The molecule has 1 fully saturated rings. The van der Waals surface area contributed by atoms with Gasteiger partial charge in [-0.2, -0.15) is 0 Å². The van der Waals surface area contributed by atoms with Gasteiger partial charge >= 0.3 is 0 Å². The molecule has 104 valence electrons. The van der Waals surface area contributed by atoms with Gasteiger partial charge < -0.3 is 15.2 Å². The molecule has 0 spiro atoms. The van der Waals surface area contributed by atoms with Gasteiger partial charge in [0.2, 0.25) is 0 Å². The summed E-state index contributed by atoms with van der Waals surface area (Å²) < 4.78 is 5.26. The number of benzene rings is 1. The normalized spacial score (nSPS) is 16.4. The summed E-state index contributed by atoms with van der Waals surface area (Å²) in [6.07, 6.45) is 1.68. The van der Waals surface area contributed by atoms with Crippen molar-refractivity contribution >= 4 is 5.91 Å². The van der Waals surface area contributed by atoms with Crippen molar-refractivity contribution < 1.29 is 9.32 Å². The Balaban J connectivity index is 1.75. The third kappa shape index (κ3) is 2.58. The van der Waals surface area contributed by atoms with Gasteiger partial charge in [-0.3, -0.25) is 4.79 Å². The molecule has 0 aliphatic carbocycles. The molecule has 1 aliphatic rings. The third-order valence-corrected chi connectivity index (χ3v) is 3.61. The lowest BCUT2D eigenvalue weighted by Gasteiger charge is -2.29. The summed E-state index contributed by atoms with van der Waals surface area (Å²) in [6, 6.07) is 11.5. The predicted molar refractivity (Wildman–Crippen MR) is 75.1 cm³/mol. The van der Waals surface area contributed by atoms with Crippen LogP contribution < -0.4 is 5.73 Å². The van der Waals surface area contributed by atoms with Crippen molar-refractivity contribution in [2.75, 3.05) is 13.1 Å². The van der Waals surface area contributed by atoms with Crippen molar-refractivity contribution in [2.24, 2.45) is 5.73 Å². The average Bonchev–Trinajstić information content (AvgIpc) is 2.98. The highest BCUT2D eigenvalue weighted by molar-refractivity contribution is 5.93. The van der Waals surface area contributed by atoms with E-state index in [4.69, 9.17) is 10.3 Å². The van der Waals surface area contributed by atoms with Crippen LogP contribution in [-0.4, -0.2) is 35.1 Å². The van der Waals surface area contributed by atoms with E-state index in [1.165, 1.54) is 0 Å². The number of hydrogen-bond donors (Lipinski definition) is 1. The quantitative estimate of drug-likeness (QED) is 0.905. The maximum absolute atomic E-state index is 12.3. The molecule has 1 amide bonds. The number of nitrogens with two attached hydrogens (primary N) is 1. The van der Waals surface area contributed by atoms with Gasteiger partial charge in [0.15, 0.2) is 11.5 Å². The van der Waals surface area contributed by atoms with Crippen LogP contribution in [0.2, 0.25) is 0 Å². The topological polar surface area (TPSA) is 72.4 Å². The predicted octanol–water partition coefficient (Wildman–Crippen LogP) is 1.90. The minimum absolute atomic E-state index is 0.0807. The molecule has 2 N–H and O–H groups in total. The highest BCUT2D eigenvalue weighted by Crippen LogP contribution is 2.21. The van der Waals surface area contributed by atoms with Gasteiger partial charge in [-0.25, -0.2) is 0 Å².